The Kier molecular flexibility index (Phi) is 5.37. The number of hydrogen-bond acceptors (Lipinski definition) is 3. The van der Waals surface area contributed by atoms with Crippen molar-refractivity contribution >= 4 is 21.8 Å². The molecular weight excluding hydrogens is 329 g/mol. The molecule has 6 heteroatoms. The van der Waals surface area contributed by atoms with Crippen LogP contribution in [-0.2, 0) is 4.79 Å². The minimum absolute atomic E-state index is 0.0757. The van der Waals surface area contributed by atoms with Crippen molar-refractivity contribution in [3.8, 4) is 5.75 Å². The summed E-state index contributed by atoms with van der Waals surface area (Å²) in [6.07, 6.45) is 1.60. The lowest BCUT2D eigenvalue weighted by atomic mass is 9.98. The molecule has 0 aliphatic carbocycles. The fourth-order valence-electron chi connectivity index (χ4n) is 2.19. The van der Waals surface area contributed by atoms with Crippen LogP contribution in [0, 0.1) is 11.7 Å². The standard InChI is InChI=1S/C14H17BrFNO3/c15-11-1-2-13(12(16)7-11)20-9-14(19)17-5-3-10(8-18)4-6-17/h1-2,7,10,18H,3-6,8-9H2. The van der Waals surface area contributed by atoms with Gasteiger partial charge in [0.25, 0.3) is 5.91 Å². The Hall–Kier alpha value is -1.14. The third-order valence-electron chi connectivity index (χ3n) is 3.47. The molecule has 110 valence electrons. The number of aliphatic hydroxyl groups is 1. The van der Waals surface area contributed by atoms with Crippen LogP contribution >= 0.6 is 15.9 Å². The van der Waals surface area contributed by atoms with E-state index < -0.39 is 5.82 Å². The SMILES string of the molecule is O=C(COc1ccc(Br)cc1F)N1CCC(CO)CC1. The molecule has 1 saturated heterocycles. The van der Waals surface area contributed by atoms with Gasteiger partial charge < -0.3 is 14.7 Å². The van der Waals surface area contributed by atoms with Crippen LogP contribution in [0.15, 0.2) is 22.7 Å². The second kappa shape index (κ2) is 7.04. The molecule has 1 fully saturated rings. The van der Waals surface area contributed by atoms with Gasteiger partial charge in [0.2, 0.25) is 0 Å². The number of likely N-dealkylation sites (tertiary alicyclic amines) is 1. The van der Waals surface area contributed by atoms with E-state index in [1.807, 2.05) is 0 Å². The number of piperidine rings is 1. The first-order valence-electron chi connectivity index (χ1n) is 6.56. The monoisotopic (exact) mass is 345 g/mol. The van der Waals surface area contributed by atoms with E-state index in [4.69, 9.17) is 9.84 Å². The van der Waals surface area contributed by atoms with E-state index in [1.165, 1.54) is 12.1 Å². The highest BCUT2D eigenvalue weighted by Gasteiger charge is 2.22. The molecule has 1 aromatic carbocycles. The van der Waals surface area contributed by atoms with E-state index in [0.29, 0.717) is 17.6 Å². The number of ether oxygens (including phenoxy) is 1. The van der Waals surface area contributed by atoms with Gasteiger partial charge >= 0.3 is 0 Å². The molecule has 0 aromatic heterocycles. The van der Waals surface area contributed by atoms with Crippen molar-refractivity contribution in [3.63, 3.8) is 0 Å². The largest absolute Gasteiger partial charge is 0.481 e. The minimum atomic E-state index is -0.494. The summed E-state index contributed by atoms with van der Waals surface area (Å²) in [6.45, 7) is 1.25. The van der Waals surface area contributed by atoms with Crippen LogP contribution < -0.4 is 4.74 Å². The molecule has 0 spiro atoms. The zero-order valence-electron chi connectivity index (χ0n) is 11.0. The van der Waals surface area contributed by atoms with Crippen molar-refractivity contribution in [1.29, 1.82) is 0 Å². The summed E-state index contributed by atoms with van der Waals surface area (Å²) in [5.74, 6) is -0.287. The summed E-state index contributed by atoms with van der Waals surface area (Å²) in [6, 6.07) is 4.45. The molecule has 4 nitrogen and oxygen atoms in total. The molecule has 1 aromatic rings. The third kappa shape index (κ3) is 3.93. The lowest BCUT2D eigenvalue weighted by Gasteiger charge is -2.31. The average Bonchev–Trinajstić information content (AvgIpc) is 2.46. The van der Waals surface area contributed by atoms with Gasteiger partial charge in [-0.3, -0.25) is 4.79 Å². The predicted octanol–water partition coefficient (Wildman–Crippen LogP) is 2.20. The zero-order valence-corrected chi connectivity index (χ0v) is 12.6. The second-order valence-electron chi connectivity index (χ2n) is 4.87. The van der Waals surface area contributed by atoms with Gasteiger partial charge in [-0.05, 0) is 37.0 Å². The summed E-state index contributed by atoms with van der Waals surface area (Å²) in [5.41, 5.74) is 0. The van der Waals surface area contributed by atoms with E-state index in [1.54, 1.807) is 11.0 Å². The molecule has 1 N–H and O–H groups in total. The summed E-state index contributed by atoms with van der Waals surface area (Å²) >= 11 is 3.16. The predicted molar refractivity (Wildman–Crippen MR) is 76.0 cm³/mol. The van der Waals surface area contributed by atoms with Crippen LogP contribution in [0.4, 0.5) is 4.39 Å². The topological polar surface area (TPSA) is 49.8 Å². The molecule has 2 rings (SSSR count). The van der Waals surface area contributed by atoms with E-state index in [2.05, 4.69) is 15.9 Å². The molecular formula is C14H17BrFNO3. The van der Waals surface area contributed by atoms with Crippen LogP contribution in [0.25, 0.3) is 0 Å². The van der Waals surface area contributed by atoms with E-state index in [-0.39, 0.29) is 30.8 Å². The van der Waals surface area contributed by atoms with Crippen molar-refractivity contribution in [2.45, 2.75) is 12.8 Å². The molecule has 0 atom stereocenters. The van der Waals surface area contributed by atoms with Gasteiger partial charge in [-0.2, -0.15) is 0 Å². The minimum Gasteiger partial charge on any atom is -0.481 e. The summed E-state index contributed by atoms with van der Waals surface area (Å²) in [5, 5.41) is 9.05. The molecule has 1 heterocycles. The Morgan fingerprint density at radius 2 is 2.15 bits per heavy atom. The zero-order chi connectivity index (χ0) is 14.5. The van der Waals surface area contributed by atoms with Crippen molar-refractivity contribution < 1.29 is 19.0 Å². The lowest BCUT2D eigenvalue weighted by Crippen LogP contribution is -2.41. The first-order valence-corrected chi connectivity index (χ1v) is 7.36. The van der Waals surface area contributed by atoms with Gasteiger partial charge in [0.15, 0.2) is 18.2 Å². The lowest BCUT2D eigenvalue weighted by molar-refractivity contribution is -0.135. The Morgan fingerprint density at radius 1 is 1.45 bits per heavy atom. The Balaban J connectivity index is 1.83. The summed E-state index contributed by atoms with van der Waals surface area (Å²) in [4.78, 5) is 13.6. The van der Waals surface area contributed by atoms with E-state index in [9.17, 15) is 9.18 Å². The molecule has 0 saturated carbocycles. The smallest absolute Gasteiger partial charge is 0.260 e. The molecule has 0 unspecified atom stereocenters. The molecule has 1 aliphatic rings. The van der Waals surface area contributed by atoms with E-state index in [0.717, 1.165) is 12.8 Å². The average molecular weight is 346 g/mol. The second-order valence-corrected chi connectivity index (χ2v) is 5.79. The van der Waals surface area contributed by atoms with Crippen molar-refractivity contribution in [2.24, 2.45) is 5.92 Å². The Morgan fingerprint density at radius 3 is 2.75 bits per heavy atom. The first-order chi connectivity index (χ1) is 9.60. The first kappa shape index (κ1) is 15.3. The van der Waals surface area contributed by atoms with Crippen molar-refractivity contribution in [3.05, 3.63) is 28.5 Å². The molecule has 1 amide bonds. The normalized spacial score (nSPS) is 16.2. The van der Waals surface area contributed by atoms with E-state index >= 15 is 0 Å². The van der Waals surface area contributed by atoms with Gasteiger partial charge in [0, 0.05) is 24.2 Å². The van der Waals surface area contributed by atoms with Gasteiger partial charge in [-0.15, -0.1) is 0 Å². The fourth-order valence-corrected chi connectivity index (χ4v) is 2.52. The Bertz CT molecular complexity index is 475. The Labute approximate surface area is 125 Å². The molecule has 20 heavy (non-hydrogen) atoms. The number of benzene rings is 1. The van der Waals surface area contributed by atoms with Gasteiger partial charge in [0.05, 0.1) is 0 Å². The van der Waals surface area contributed by atoms with Crippen molar-refractivity contribution in [2.75, 3.05) is 26.3 Å². The highest BCUT2D eigenvalue weighted by molar-refractivity contribution is 9.10. The molecule has 1 aliphatic heterocycles. The van der Waals surface area contributed by atoms with Crippen LogP contribution in [0.1, 0.15) is 12.8 Å². The quantitative estimate of drug-likeness (QED) is 0.909. The number of halogens is 2. The number of aliphatic hydroxyl groups excluding tert-OH is 1. The van der Waals surface area contributed by atoms with Crippen LogP contribution in [0.2, 0.25) is 0 Å². The van der Waals surface area contributed by atoms with Crippen molar-refractivity contribution in [1.82, 2.24) is 4.90 Å². The van der Waals surface area contributed by atoms with Crippen LogP contribution in [0.5, 0.6) is 5.75 Å². The van der Waals surface area contributed by atoms with Crippen LogP contribution in [0.3, 0.4) is 0 Å². The number of carbonyl (C=O) groups excluding carboxylic acids is 1. The maximum absolute atomic E-state index is 13.5. The third-order valence-corrected chi connectivity index (χ3v) is 3.96. The maximum atomic E-state index is 13.5. The van der Waals surface area contributed by atoms with Gasteiger partial charge in [0.1, 0.15) is 0 Å². The highest BCUT2D eigenvalue weighted by atomic mass is 79.9. The number of rotatable bonds is 4. The highest BCUT2D eigenvalue weighted by Crippen LogP contribution is 2.22. The number of hydrogen-bond donors (Lipinski definition) is 1. The molecule has 0 bridgehead atoms. The summed E-state index contributed by atoms with van der Waals surface area (Å²) in [7, 11) is 0. The maximum Gasteiger partial charge on any atom is 0.260 e. The van der Waals surface area contributed by atoms with Gasteiger partial charge in [-0.25, -0.2) is 4.39 Å². The summed E-state index contributed by atoms with van der Waals surface area (Å²) < 4.78 is 19.4. The van der Waals surface area contributed by atoms with Crippen LogP contribution in [-0.4, -0.2) is 42.2 Å². The fraction of sp³-hybridized carbons (Fsp3) is 0.500. The van der Waals surface area contributed by atoms with Gasteiger partial charge in [-0.1, -0.05) is 15.9 Å². The number of carbonyl (C=O) groups is 1. The molecule has 0 radical (unpaired) electrons. The number of amides is 1. The number of nitrogens with zero attached hydrogens (tertiary/aromatic N) is 1.